The lowest BCUT2D eigenvalue weighted by Gasteiger charge is -2.36. The zero-order chi connectivity index (χ0) is 18.5. The third kappa shape index (κ3) is 5.08. The molecule has 0 aromatic heterocycles. The number of carbonyl (C=O) groups is 1. The molecule has 1 amide bonds. The summed E-state index contributed by atoms with van der Waals surface area (Å²) in [6.07, 6.45) is 2.21. The number of carbonyl (C=O) groups excluding carboxylic acids is 1. The van der Waals surface area contributed by atoms with E-state index in [1.54, 1.807) is 13.1 Å². The van der Waals surface area contributed by atoms with Crippen LogP contribution in [0.1, 0.15) is 18.4 Å². The molecule has 7 nitrogen and oxygen atoms in total. The van der Waals surface area contributed by atoms with Crippen LogP contribution < -0.4 is 10.6 Å². The number of aromatic hydroxyl groups is 1. The van der Waals surface area contributed by atoms with E-state index in [1.165, 1.54) is 12.1 Å². The number of hydrogen-bond acceptors (Lipinski definition) is 4. The topological polar surface area (TPSA) is 80.2 Å². The second-order valence-electron chi connectivity index (χ2n) is 6.79. The lowest BCUT2D eigenvalue weighted by molar-refractivity contribution is -0.122. The fraction of sp³-hybridized carbons (Fsp3) is 0.556. The Morgan fingerprint density at radius 2 is 2.04 bits per heavy atom. The van der Waals surface area contributed by atoms with Crippen molar-refractivity contribution in [3.05, 3.63) is 29.6 Å². The number of nitrogens with zero attached hydrogens (tertiary/aromatic N) is 3. The molecule has 3 N–H and O–H groups in total. The van der Waals surface area contributed by atoms with Gasteiger partial charge in [-0.25, -0.2) is 4.39 Å². The van der Waals surface area contributed by atoms with E-state index in [4.69, 9.17) is 0 Å². The van der Waals surface area contributed by atoms with Gasteiger partial charge in [0, 0.05) is 45.8 Å². The number of phenolic OH excluding ortho intramolecular Hbond substituents is 1. The predicted octanol–water partition coefficient (Wildman–Crippen LogP) is 0.503. The maximum Gasteiger partial charge on any atom is 0.234 e. The van der Waals surface area contributed by atoms with Gasteiger partial charge in [-0.15, -0.1) is 0 Å². The van der Waals surface area contributed by atoms with Crippen molar-refractivity contribution in [2.45, 2.75) is 25.4 Å². The van der Waals surface area contributed by atoms with Crippen LogP contribution in [0, 0.1) is 5.82 Å². The van der Waals surface area contributed by atoms with Crippen molar-refractivity contribution in [1.29, 1.82) is 0 Å². The molecule has 1 heterocycles. The Labute approximate surface area is 152 Å². The number of nitrogens with one attached hydrogen (secondary N) is 2. The summed E-state index contributed by atoms with van der Waals surface area (Å²) in [5, 5.41) is 15.5. The maximum absolute atomic E-state index is 13.4. The van der Waals surface area contributed by atoms with Crippen molar-refractivity contribution in [3.8, 4) is 5.75 Å². The molecular weight excluding hydrogens is 337 g/mol. The Balaban J connectivity index is 1.44. The minimum absolute atomic E-state index is 0.109. The first-order valence-corrected chi connectivity index (χ1v) is 9.00. The number of aliphatic imine (C=N–C) groups is 1. The van der Waals surface area contributed by atoms with Crippen molar-refractivity contribution in [2.24, 2.45) is 4.99 Å². The summed E-state index contributed by atoms with van der Waals surface area (Å²) in [6.45, 7) is 4.02. The first-order chi connectivity index (χ1) is 12.5. The van der Waals surface area contributed by atoms with Crippen molar-refractivity contribution < 1.29 is 14.3 Å². The van der Waals surface area contributed by atoms with Crippen molar-refractivity contribution in [3.63, 3.8) is 0 Å². The maximum atomic E-state index is 13.4. The minimum Gasteiger partial charge on any atom is -0.505 e. The highest BCUT2D eigenvalue weighted by atomic mass is 19.1. The Morgan fingerprint density at radius 3 is 2.65 bits per heavy atom. The Bertz CT molecular complexity index is 670. The van der Waals surface area contributed by atoms with Gasteiger partial charge in [0.05, 0.1) is 6.54 Å². The van der Waals surface area contributed by atoms with E-state index in [1.807, 2.05) is 0 Å². The van der Waals surface area contributed by atoms with Gasteiger partial charge >= 0.3 is 0 Å². The second-order valence-corrected chi connectivity index (χ2v) is 6.79. The van der Waals surface area contributed by atoms with Gasteiger partial charge in [-0.05, 0) is 30.5 Å². The summed E-state index contributed by atoms with van der Waals surface area (Å²) >= 11 is 0. The predicted molar refractivity (Wildman–Crippen MR) is 97.4 cm³/mol. The van der Waals surface area contributed by atoms with Gasteiger partial charge < -0.3 is 20.6 Å². The number of piperazine rings is 1. The van der Waals surface area contributed by atoms with Gasteiger partial charge in [-0.1, -0.05) is 6.07 Å². The molecule has 2 aliphatic rings. The van der Waals surface area contributed by atoms with Crippen LogP contribution in [-0.4, -0.2) is 72.6 Å². The molecule has 0 spiro atoms. The van der Waals surface area contributed by atoms with Gasteiger partial charge in [-0.2, -0.15) is 0 Å². The summed E-state index contributed by atoms with van der Waals surface area (Å²) in [7, 11) is 1.72. The molecule has 3 rings (SSSR count). The molecule has 8 heteroatoms. The highest BCUT2D eigenvalue weighted by Crippen LogP contribution is 2.18. The zero-order valence-electron chi connectivity index (χ0n) is 15.0. The molecule has 0 unspecified atom stereocenters. The normalized spacial score (nSPS) is 18.7. The third-order valence-corrected chi connectivity index (χ3v) is 4.66. The van der Waals surface area contributed by atoms with E-state index in [2.05, 4.69) is 25.4 Å². The average Bonchev–Trinajstić information content (AvgIpc) is 3.43. The molecule has 1 aromatic rings. The SMILES string of the molecule is CN=C(NCc1ccc(O)c(F)c1)N1CCN(CC(=O)NC2CC2)CC1. The largest absolute Gasteiger partial charge is 0.505 e. The summed E-state index contributed by atoms with van der Waals surface area (Å²) in [6, 6.07) is 4.73. The fourth-order valence-corrected chi connectivity index (χ4v) is 3.00. The van der Waals surface area contributed by atoms with E-state index in [-0.39, 0.29) is 11.7 Å². The number of phenols is 1. The molecule has 0 atom stereocenters. The van der Waals surface area contributed by atoms with E-state index >= 15 is 0 Å². The molecule has 26 heavy (non-hydrogen) atoms. The molecule has 1 aliphatic heterocycles. The van der Waals surface area contributed by atoms with Gasteiger partial charge in [-0.3, -0.25) is 14.7 Å². The quantitative estimate of drug-likeness (QED) is 0.525. The number of hydrogen-bond donors (Lipinski definition) is 3. The Hall–Kier alpha value is -2.35. The highest BCUT2D eigenvalue weighted by Gasteiger charge is 2.25. The van der Waals surface area contributed by atoms with Crippen LogP contribution in [0.15, 0.2) is 23.2 Å². The van der Waals surface area contributed by atoms with E-state index in [0.29, 0.717) is 19.1 Å². The van der Waals surface area contributed by atoms with Gasteiger partial charge in [0.25, 0.3) is 0 Å². The molecule has 1 aliphatic carbocycles. The average molecular weight is 363 g/mol. The number of rotatable bonds is 5. The van der Waals surface area contributed by atoms with E-state index < -0.39 is 5.82 Å². The number of halogens is 1. The van der Waals surface area contributed by atoms with Gasteiger partial charge in [0.2, 0.25) is 5.91 Å². The third-order valence-electron chi connectivity index (χ3n) is 4.66. The lowest BCUT2D eigenvalue weighted by Crippen LogP contribution is -2.54. The molecule has 1 aromatic carbocycles. The van der Waals surface area contributed by atoms with Crippen LogP contribution in [0.3, 0.4) is 0 Å². The first-order valence-electron chi connectivity index (χ1n) is 9.00. The summed E-state index contributed by atoms with van der Waals surface area (Å²) in [5.41, 5.74) is 0.733. The second kappa shape index (κ2) is 8.35. The summed E-state index contributed by atoms with van der Waals surface area (Å²) in [5.74, 6) is -0.115. The van der Waals surface area contributed by atoms with Crippen LogP contribution in [0.5, 0.6) is 5.75 Å². The van der Waals surface area contributed by atoms with Crippen molar-refractivity contribution in [1.82, 2.24) is 20.4 Å². The smallest absolute Gasteiger partial charge is 0.234 e. The van der Waals surface area contributed by atoms with Crippen LogP contribution in [0.25, 0.3) is 0 Å². The van der Waals surface area contributed by atoms with Crippen molar-refractivity contribution >= 4 is 11.9 Å². The lowest BCUT2D eigenvalue weighted by atomic mass is 10.2. The van der Waals surface area contributed by atoms with Gasteiger partial charge in [0.15, 0.2) is 17.5 Å². The standard InChI is InChI=1S/C18H26FN5O2/c1-20-18(21-11-13-2-5-16(25)15(19)10-13)24-8-6-23(7-9-24)12-17(26)22-14-3-4-14/h2,5,10,14,25H,3-4,6-9,11-12H2,1H3,(H,20,21)(H,22,26). The number of guanidine groups is 1. The molecular formula is C18H26FN5O2. The van der Waals surface area contributed by atoms with Crippen LogP contribution in [-0.2, 0) is 11.3 Å². The fourth-order valence-electron chi connectivity index (χ4n) is 3.00. The zero-order valence-corrected chi connectivity index (χ0v) is 15.0. The monoisotopic (exact) mass is 363 g/mol. The molecule has 142 valence electrons. The summed E-state index contributed by atoms with van der Waals surface area (Å²) < 4.78 is 13.4. The number of benzene rings is 1. The molecule has 0 radical (unpaired) electrons. The first kappa shape index (κ1) is 18.4. The minimum atomic E-state index is -0.627. The molecule has 0 bridgehead atoms. The van der Waals surface area contributed by atoms with Crippen LogP contribution in [0.4, 0.5) is 4.39 Å². The Morgan fingerprint density at radius 1 is 1.31 bits per heavy atom. The molecule has 1 saturated heterocycles. The Kier molecular flexibility index (Phi) is 5.92. The number of amides is 1. The van der Waals surface area contributed by atoms with Gasteiger partial charge in [0.1, 0.15) is 0 Å². The summed E-state index contributed by atoms with van der Waals surface area (Å²) in [4.78, 5) is 20.5. The highest BCUT2D eigenvalue weighted by molar-refractivity contribution is 5.80. The van der Waals surface area contributed by atoms with Crippen LogP contribution >= 0.6 is 0 Å². The van der Waals surface area contributed by atoms with E-state index in [9.17, 15) is 14.3 Å². The van der Waals surface area contributed by atoms with Crippen molar-refractivity contribution in [2.75, 3.05) is 39.8 Å². The van der Waals surface area contributed by atoms with E-state index in [0.717, 1.165) is 50.5 Å². The molecule has 2 fully saturated rings. The molecule has 1 saturated carbocycles. The van der Waals surface area contributed by atoms with Crippen LogP contribution in [0.2, 0.25) is 0 Å².